The van der Waals surface area contributed by atoms with E-state index in [0.717, 1.165) is 120 Å². The zero-order valence-electron chi connectivity index (χ0n) is 65.1. The van der Waals surface area contributed by atoms with Gasteiger partial charge in [0.1, 0.15) is 19.3 Å². The molecule has 3 unspecified atom stereocenters. The van der Waals surface area contributed by atoms with Crippen LogP contribution in [0.25, 0.3) is 0 Å². The summed E-state index contributed by atoms with van der Waals surface area (Å²) in [7, 11) is -9.92. The minimum absolute atomic E-state index is 0.106. The lowest BCUT2D eigenvalue weighted by molar-refractivity contribution is -0.161. The van der Waals surface area contributed by atoms with E-state index in [-0.39, 0.29) is 25.7 Å². The smallest absolute Gasteiger partial charge is 0.462 e. The van der Waals surface area contributed by atoms with E-state index in [9.17, 15) is 43.2 Å². The van der Waals surface area contributed by atoms with Crippen molar-refractivity contribution in [2.24, 2.45) is 23.7 Å². The molecule has 588 valence electrons. The lowest BCUT2D eigenvalue weighted by Gasteiger charge is -2.21. The first kappa shape index (κ1) is 97.1. The fraction of sp³-hybridized carbons (Fsp3) is 0.950. The third-order valence-electron chi connectivity index (χ3n) is 18.9. The number of hydrogen-bond acceptors (Lipinski definition) is 15. The van der Waals surface area contributed by atoms with E-state index in [2.05, 4.69) is 55.4 Å². The molecule has 0 radical (unpaired) electrons. The number of aliphatic hydroxyl groups excluding tert-OH is 1. The van der Waals surface area contributed by atoms with Crippen LogP contribution in [0.15, 0.2) is 0 Å². The molecule has 0 aliphatic carbocycles. The van der Waals surface area contributed by atoms with Gasteiger partial charge in [-0.25, -0.2) is 9.13 Å². The molecule has 0 aliphatic heterocycles. The Morgan fingerprint density at radius 2 is 0.485 bits per heavy atom. The fourth-order valence-electron chi connectivity index (χ4n) is 12.2. The lowest BCUT2D eigenvalue weighted by Crippen LogP contribution is -2.30. The maximum Gasteiger partial charge on any atom is 0.472 e. The molecule has 0 amide bonds. The van der Waals surface area contributed by atoms with Gasteiger partial charge in [-0.05, 0) is 49.4 Å². The van der Waals surface area contributed by atoms with Crippen molar-refractivity contribution in [3.8, 4) is 0 Å². The van der Waals surface area contributed by atoms with Crippen LogP contribution in [0.5, 0.6) is 0 Å². The van der Waals surface area contributed by atoms with Gasteiger partial charge in [-0.15, -0.1) is 0 Å². The van der Waals surface area contributed by atoms with Gasteiger partial charge in [-0.1, -0.05) is 357 Å². The molecule has 0 bridgehead atoms. The molecular weight excluding hydrogens is 1290 g/mol. The summed E-state index contributed by atoms with van der Waals surface area (Å²) in [4.78, 5) is 73.0. The van der Waals surface area contributed by atoms with Gasteiger partial charge in [0.2, 0.25) is 0 Å². The minimum atomic E-state index is -4.96. The topological polar surface area (TPSA) is 237 Å². The Morgan fingerprint density at radius 1 is 0.283 bits per heavy atom. The lowest BCUT2D eigenvalue weighted by atomic mass is 10.00. The molecule has 0 fully saturated rings. The van der Waals surface area contributed by atoms with E-state index >= 15 is 0 Å². The molecule has 0 heterocycles. The molecule has 0 rings (SSSR count). The van der Waals surface area contributed by atoms with Gasteiger partial charge in [0, 0.05) is 25.7 Å². The van der Waals surface area contributed by atoms with Crippen LogP contribution in [0.3, 0.4) is 0 Å². The first-order chi connectivity index (χ1) is 47.6. The average molecular weight is 1450 g/mol. The Labute approximate surface area is 607 Å². The van der Waals surface area contributed by atoms with Crippen LogP contribution >= 0.6 is 15.6 Å². The van der Waals surface area contributed by atoms with Gasteiger partial charge in [0.15, 0.2) is 12.2 Å². The number of rotatable bonds is 77. The van der Waals surface area contributed by atoms with Crippen molar-refractivity contribution in [3.63, 3.8) is 0 Å². The highest BCUT2D eigenvalue weighted by atomic mass is 31.2. The zero-order valence-corrected chi connectivity index (χ0v) is 66.9. The molecule has 6 atom stereocenters. The number of hydrogen-bond donors (Lipinski definition) is 3. The zero-order chi connectivity index (χ0) is 73.1. The summed E-state index contributed by atoms with van der Waals surface area (Å²) in [5, 5.41) is 10.6. The van der Waals surface area contributed by atoms with Gasteiger partial charge < -0.3 is 33.8 Å². The standard InChI is InChI=1S/C80H156O17P2/c1-9-73(8)59-51-43-38-39-45-53-61-78(83)91-67-76(97-80(85)62-54-46-36-30-24-16-12-10-11-14-20-26-32-40-48-56-70(2)3)69-95-99(88,89)93-65-74(81)64-92-98(86,87)94-68-75(66-90-77(82)60-52-44-35-29-23-19-18-22-28-34-42-50-58-72(6)7)96-79(84)63-55-47-37-31-25-17-13-15-21-27-33-41-49-57-71(4)5/h70-76,81H,9-69H2,1-8H3,(H,86,87)(H,88,89)/t73?,74-,75-,76-/m1/s1. The van der Waals surface area contributed by atoms with Crippen LogP contribution in [-0.4, -0.2) is 96.7 Å². The van der Waals surface area contributed by atoms with E-state index in [4.69, 9.17) is 37.0 Å². The van der Waals surface area contributed by atoms with Crippen molar-refractivity contribution in [2.45, 2.75) is 427 Å². The van der Waals surface area contributed by atoms with E-state index in [1.165, 1.54) is 205 Å². The van der Waals surface area contributed by atoms with E-state index < -0.39 is 97.5 Å². The van der Waals surface area contributed by atoms with Crippen LogP contribution in [0.4, 0.5) is 0 Å². The number of carbonyl (C=O) groups is 4. The number of esters is 4. The summed E-state index contributed by atoms with van der Waals surface area (Å²) in [6.07, 6.45) is 55.5. The molecule has 0 aromatic heterocycles. The normalized spacial score (nSPS) is 14.3. The maximum absolute atomic E-state index is 13.1. The van der Waals surface area contributed by atoms with Gasteiger partial charge >= 0.3 is 39.5 Å². The van der Waals surface area contributed by atoms with Crippen LogP contribution < -0.4 is 0 Å². The molecule has 19 heteroatoms. The van der Waals surface area contributed by atoms with Gasteiger partial charge in [0.25, 0.3) is 0 Å². The molecule has 3 N–H and O–H groups in total. The molecule has 0 aliphatic rings. The summed E-state index contributed by atoms with van der Waals surface area (Å²) in [6, 6.07) is 0. The van der Waals surface area contributed by atoms with E-state index in [1.54, 1.807) is 0 Å². The second-order valence-electron chi connectivity index (χ2n) is 30.5. The highest BCUT2D eigenvalue weighted by Gasteiger charge is 2.30. The van der Waals surface area contributed by atoms with Crippen LogP contribution in [0.2, 0.25) is 0 Å². The predicted octanol–water partition coefficient (Wildman–Crippen LogP) is 23.6. The van der Waals surface area contributed by atoms with Crippen molar-refractivity contribution in [2.75, 3.05) is 39.6 Å². The van der Waals surface area contributed by atoms with Gasteiger partial charge in [0.05, 0.1) is 26.4 Å². The number of aliphatic hydroxyl groups is 1. The Hall–Kier alpha value is -1.94. The number of phosphoric acid groups is 2. The summed E-state index contributed by atoms with van der Waals surface area (Å²) in [6.45, 7) is 14.3. The van der Waals surface area contributed by atoms with Crippen molar-refractivity contribution in [3.05, 3.63) is 0 Å². The molecular formula is C80H156O17P2. The molecule has 0 saturated heterocycles. The first-order valence-corrected chi connectivity index (χ1v) is 44.2. The van der Waals surface area contributed by atoms with Crippen molar-refractivity contribution >= 4 is 39.5 Å². The first-order valence-electron chi connectivity index (χ1n) is 41.2. The Morgan fingerprint density at radius 3 is 0.717 bits per heavy atom. The number of unbranched alkanes of at least 4 members (excludes halogenated alkanes) is 42. The molecule has 0 aromatic carbocycles. The van der Waals surface area contributed by atoms with E-state index in [0.29, 0.717) is 25.7 Å². The highest BCUT2D eigenvalue weighted by molar-refractivity contribution is 7.47. The van der Waals surface area contributed by atoms with Gasteiger partial charge in [-0.3, -0.25) is 37.3 Å². The average Bonchev–Trinajstić information content (AvgIpc) is 1.11. The van der Waals surface area contributed by atoms with Crippen molar-refractivity contribution < 1.29 is 80.2 Å². The van der Waals surface area contributed by atoms with Crippen molar-refractivity contribution in [1.82, 2.24) is 0 Å². The summed E-state index contributed by atoms with van der Waals surface area (Å²) >= 11 is 0. The monoisotopic (exact) mass is 1450 g/mol. The third-order valence-corrected chi connectivity index (χ3v) is 20.8. The quantitative estimate of drug-likeness (QED) is 0.0222. The molecule has 17 nitrogen and oxygen atoms in total. The van der Waals surface area contributed by atoms with E-state index in [1.807, 2.05) is 0 Å². The second-order valence-corrected chi connectivity index (χ2v) is 33.4. The van der Waals surface area contributed by atoms with Crippen LogP contribution in [0, 0.1) is 23.7 Å². The predicted molar refractivity (Wildman–Crippen MR) is 404 cm³/mol. The van der Waals surface area contributed by atoms with Crippen molar-refractivity contribution in [1.29, 1.82) is 0 Å². The number of ether oxygens (including phenoxy) is 4. The second kappa shape index (κ2) is 69.1. The maximum atomic E-state index is 13.1. The Bertz CT molecular complexity index is 1940. The van der Waals surface area contributed by atoms with Gasteiger partial charge in [-0.2, -0.15) is 0 Å². The molecule has 0 spiro atoms. The fourth-order valence-corrected chi connectivity index (χ4v) is 13.8. The Balaban J connectivity index is 5.25. The number of phosphoric ester groups is 2. The van der Waals surface area contributed by atoms with Crippen LogP contribution in [-0.2, 0) is 65.4 Å². The minimum Gasteiger partial charge on any atom is -0.462 e. The summed E-state index contributed by atoms with van der Waals surface area (Å²) in [5.41, 5.74) is 0. The molecule has 99 heavy (non-hydrogen) atoms. The molecule has 0 saturated carbocycles. The number of carbonyl (C=O) groups excluding carboxylic acids is 4. The SMILES string of the molecule is CCC(C)CCCCCCCCC(=O)OC[C@H](COP(=O)(O)OC[C@H](O)COP(=O)(O)OC[C@@H](COC(=O)CCCCCCCCCCCCCCC(C)C)OC(=O)CCCCCCCCCCCCCCCC(C)C)OC(=O)CCCCCCCCCCCCCCCCCC(C)C. The van der Waals surface area contributed by atoms with Crippen LogP contribution in [0.1, 0.15) is 409 Å². The molecule has 0 aromatic rings. The largest absolute Gasteiger partial charge is 0.472 e. The third kappa shape index (κ3) is 72.8. The Kier molecular flexibility index (Phi) is 67.8. The highest BCUT2D eigenvalue weighted by Crippen LogP contribution is 2.45. The summed E-state index contributed by atoms with van der Waals surface area (Å²) < 4.78 is 68.7. The summed E-state index contributed by atoms with van der Waals surface area (Å²) in [5.74, 6) is 0.986.